The number of nitrogens with zero attached hydrogens (tertiary/aromatic N) is 3. The van der Waals surface area contributed by atoms with Gasteiger partial charge in [0.15, 0.2) is 5.82 Å². The van der Waals surface area contributed by atoms with E-state index in [9.17, 15) is 0 Å². The van der Waals surface area contributed by atoms with Gasteiger partial charge in [-0.05, 0) is 54.4 Å². The molecule has 0 aliphatic heterocycles. The molecule has 0 fully saturated rings. The molecule has 0 aliphatic rings. The normalized spacial score (nSPS) is 11.1. The lowest BCUT2D eigenvalue weighted by molar-refractivity contribution is 0.588. The van der Waals surface area contributed by atoms with Crippen molar-refractivity contribution in [2.45, 2.75) is 40.2 Å². The lowest BCUT2D eigenvalue weighted by Gasteiger charge is -2.13. The van der Waals surface area contributed by atoms with Crippen molar-refractivity contribution < 1.29 is 0 Å². The average Bonchev–Trinajstić information content (AvgIpc) is 2.41. The Kier molecular flexibility index (Phi) is 5.42. The highest BCUT2D eigenvalue weighted by molar-refractivity contribution is 9.10. The summed E-state index contributed by atoms with van der Waals surface area (Å²) in [5, 5.41) is 3.43. The minimum absolute atomic E-state index is 0.499. The molecule has 0 bridgehead atoms. The van der Waals surface area contributed by atoms with Crippen LogP contribution in [0.1, 0.15) is 30.8 Å². The van der Waals surface area contributed by atoms with Crippen LogP contribution in [0, 0.1) is 13.8 Å². The Morgan fingerprint density at radius 1 is 1.14 bits per heavy atom. The first-order valence-electron chi connectivity index (χ1n) is 7.15. The molecule has 2 rings (SSSR count). The van der Waals surface area contributed by atoms with Crippen LogP contribution in [0.2, 0.25) is 0 Å². The van der Waals surface area contributed by atoms with Crippen LogP contribution >= 0.6 is 15.9 Å². The SMILES string of the molecule is Cc1nc(-c2cncc(Br)c2)nc(C)c1CCNC(C)C. The highest BCUT2D eigenvalue weighted by Gasteiger charge is 2.10. The Balaban J connectivity index is 2.24. The number of pyridine rings is 1. The zero-order valence-corrected chi connectivity index (χ0v) is 14.5. The number of hydrogen-bond acceptors (Lipinski definition) is 4. The molecule has 2 heterocycles. The molecule has 0 saturated heterocycles. The monoisotopic (exact) mass is 348 g/mol. The van der Waals surface area contributed by atoms with E-state index in [-0.39, 0.29) is 0 Å². The fourth-order valence-electron chi connectivity index (χ4n) is 2.25. The summed E-state index contributed by atoms with van der Waals surface area (Å²) >= 11 is 3.43. The standard InChI is InChI=1S/C16H21BrN4/c1-10(2)19-6-5-15-11(3)20-16(21-12(15)4)13-7-14(17)9-18-8-13/h7-10,19H,5-6H2,1-4H3. The summed E-state index contributed by atoms with van der Waals surface area (Å²) in [6, 6.07) is 2.49. The summed E-state index contributed by atoms with van der Waals surface area (Å²) in [7, 11) is 0. The summed E-state index contributed by atoms with van der Waals surface area (Å²) in [5.74, 6) is 0.736. The van der Waals surface area contributed by atoms with Crippen LogP contribution in [-0.2, 0) is 6.42 Å². The molecule has 21 heavy (non-hydrogen) atoms. The molecular formula is C16H21BrN4. The van der Waals surface area contributed by atoms with Crippen LogP contribution in [0.15, 0.2) is 22.9 Å². The molecular weight excluding hydrogens is 328 g/mol. The smallest absolute Gasteiger partial charge is 0.161 e. The molecule has 0 amide bonds. The third-order valence-electron chi connectivity index (χ3n) is 3.31. The quantitative estimate of drug-likeness (QED) is 0.898. The molecule has 0 unspecified atom stereocenters. The van der Waals surface area contributed by atoms with Gasteiger partial charge in [-0.2, -0.15) is 0 Å². The Morgan fingerprint density at radius 2 is 1.81 bits per heavy atom. The van der Waals surface area contributed by atoms with Gasteiger partial charge in [0.1, 0.15) is 0 Å². The Bertz CT molecular complexity index is 602. The second kappa shape index (κ2) is 7.09. The van der Waals surface area contributed by atoms with Gasteiger partial charge >= 0.3 is 0 Å². The van der Waals surface area contributed by atoms with Crippen molar-refractivity contribution in [2.75, 3.05) is 6.54 Å². The van der Waals surface area contributed by atoms with E-state index in [2.05, 4.69) is 50.0 Å². The van der Waals surface area contributed by atoms with Crippen molar-refractivity contribution in [2.24, 2.45) is 0 Å². The van der Waals surface area contributed by atoms with Gasteiger partial charge in [-0.15, -0.1) is 0 Å². The topological polar surface area (TPSA) is 50.7 Å². The zero-order chi connectivity index (χ0) is 15.4. The van der Waals surface area contributed by atoms with Crippen molar-refractivity contribution in [1.29, 1.82) is 0 Å². The lowest BCUT2D eigenvalue weighted by atomic mass is 10.1. The molecule has 0 saturated carbocycles. The maximum atomic E-state index is 4.64. The van der Waals surface area contributed by atoms with E-state index in [1.54, 1.807) is 12.4 Å². The predicted octanol–water partition coefficient (Wildman–Crippen LogP) is 3.46. The first kappa shape index (κ1) is 16.0. The molecule has 2 aromatic rings. The molecule has 0 spiro atoms. The Hall–Kier alpha value is -1.33. The van der Waals surface area contributed by atoms with E-state index in [1.807, 2.05) is 19.9 Å². The second-order valence-corrected chi connectivity index (χ2v) is 6.36. The highest BCUT2D eigenvalue weighted by atomic mass is 79.9. The van der Waals surface area contributed by atoms with Crippen LogP contribution in [0.3, 0.4) is 0 Å². The van der Waals surface area contributed by atoms with Crippen molar-refractivity contribution in [3.05, 3.63) is 39.9 Å². The fraction of sp³-hybridized carbons (Fsp3) is 0.438. The van der Waals surface area contributed by atoms with E-state index < -0.39 is 0 Å². The summed E-state index contributed by atoms with van der Waals surface area (Å²) in [4.78, 5) is 13.5. The van der Waals surface area contributed by atoms with Crippen LogP contribution in [0.4, 0.5) is 0 Å². The molecule has 1 N–H and O–H groups in total. The first-order valence-corrected chi connectivity index (χ1v) is 7.95. The van der Waals surface area contributed by atoms with Crippen LogP contribution in [-0.4, -0.2) is 27.5 Å². The van der Waals surface area contributed by atoms with Crippen molar-refractivity contribution in [3.8, 4) is 11.4 Å². The molecule has 2 aromatic heterocycles. The zero-order valence-electron chi connectivity index (χ0n) is 12.9. The number of hydrogen-bond donors (Lipinski definition) is 1. The second-order valence-electron chi connectivity index (χ2n) is 5.45. The number of nitrogens with one attached hydrogen (secondary N) is 1. The minimum atomic E-state index is 0.499. The van der Waals surface area contributed by atoms with Crippen molar-refractivity contribution in [1.82, 2.24) is 20.3 Å². The Labute approximate surface area is 134 Å². The largest absolute Gasteiger partial charge is 0.314 e. The van der Waals surface area contributed by atoms with Crippen LogP contribution in [0.5, 0.6) is 0 Å². The van der Waals surface area contributed by atoms with Gasteiger partial charge in [-0.3, -0.25) is 4.98 Å². The van der Waals surface area contributed by atoms with E-state index in [0.29, 0.717) is 6.04 Å². The summed E-state index contributed by atoms with van der Waals surface area (Å²) in [6.45, 7) is 9.35. The van der Waals surface area contributed by atoms with Gasteiger partial charge in [0.25, 0.3) is 0 Å². The molecule has 4 nitrogen and oxygen atoms in total. The van der Waals surface area contributed by atoms with E-state index in [0.717, 1.165) is 40.2 Å². The number of halogens is 1. The molecule has 112 valence electrons. The third kappa shape index (κ3) is 4.32. The number of rotatable bonds is 5. The summed E-state index contributed by atoms with van der Waals surface area (Å²) in [5.41, 5.74) is 4.25. The maximum Gasteiger partial charge on any atom is 0.161 e. The van der Waals surface area contributed by atoms with Crippen LogP contribution in [0.25, 0.3) is 11.4 Å². The summed E-state index contributed by atoms with van der Waals surface area (Å²) in [6.07, 6.45) is 4.50. The average molecular weight is 349 g/mol. The lowest BCUT2D eigenvalue weighted by Crippen LogP contribution is -2.25. The summed E-state index contributed by atoms with van der Waals surface area (Å²) < 4.78 is 0.934. The molecule has 0 aromatic carbocycles. The van der Waals surface area contributed by atoms with Gasteiger partial charge in [-0.1, -0.05) is 13.8 Å². The van der Waals surface area contributed by atoms with Crippen molar-refractivity contribution >= 4 is 15.9 Å². The van der Waals surface area contributed by atoms with Gasteiger partial charge in [-0.25, -0.2) is 9.97 Å². The number of aryl methyl sites for hydroxylation is 2. The van der Waals surface area contributed by atoms with Gasteiger partial charge in [0.05, 0.1) is 0 Å². The van der Waals surface area contributed by atoms with Gasteiger partial charge < -0.3 is 5.32 Å². The predicted molar refractivity (Wildman–Crippen MR) is 89.3 cm³/mol. The first-order chi connectivity index (χ1) is 9.97. The van der Waals surface area contributed by atoms with Gasteiger partial charge in [0.2, 0.25) is 0 Å². The molecule has 0 radical (unpaired) electrons. The highest BCUT2D eigenvalue weighted by Crippen LogP contribution is 2.21. The third-order valence-corrected chi connectivity index (χ3v) is 3.75. The van der Waals surface area contributed by atoms with Gasteiger partial charge in [0, 0.05) is 39.9 Å². The molecule has 0 atom stereocenters. The fourth-order valence-corrected chi connectivity index (χ4v) is 2.62. The van der Waals surface area contributed by atoms with E-state index in [1.165, 1.54) is 5.56 Å². The van der Waals surface area contributed by atoms with Crippen molar-refractivity contribution in [3.63, 3.8) is 0 Å². The maximum absolute atomic E-state index is 4.64. The van der Waals surface area contributed by atoms with E-state index in [4.69, 9.17) is 0 Å². The Morgan fingerprint density at radius 3 is 2.38 bits per heavy atom. The number of aromatic nitrogens is 3. The van der Waals surface area contributed by atoms with Crippen LogP contribution < -0.4 is 5.32 Å². The minimum Gasteiger partial charge on any atom is -0.314 e. The molecule has 5 heteroatoms. The van der Waals surface area contributed by atoms with E-state index >= 15 is 0 Å². The molecule has 0 aliphatic carbocycles.